The standard InChI is InChI=1S/C54H89NO8/c1-6-8-10-12-14-16-18-20-21-22-23-24-25-26-27-28-29-30-31-33-35-37-39-41-43-45-52(57)63-50(49-62-54(53(58)59)60-47-46-55(3,4)5)48-61-51(56)44-42-40-38-36-34-32-19-17-15-13-11-9-7-2/h8-11,14-17,20-21,23-24,26-27,32,34,50,54H,6-7,12-13,18-19,22,25,28-31,33,35-49H2,1-5H3/p+1/b10-8-,11-9-,16-14-,17-15-,21-20-,24-23-,27-26-,34-32-. The van der Waals surface area contributed by atoms with Crippen LogP contribution < -0.4 is 0 Å². The van der Waals surface area contributed by atoms with E-state index in [2.05, 4.69) is 111 Å². The second kappa shape index (κ2) is 44.8. The Morgan fingerprint density at radius 1 is 0.476 bits per heavy atom. The first-order valence-corrected chi connectivity index (χ1v) is 24.4. The molecule has 9 heteroatoms. The molecule has 0 aromatic carbocycles. The van der Waals surface area contributed by atoms with Crippen LogP contribution in [-0.2, 0) is 33.3 Å². The summed E-state index contributed by atoms with van der Waals surface area (Å²) in [5, 5.41) is 9.65. The van der Waals surface area contributed by atoms with E-state index < -0.39 is 24.3 Å². The van der Waals surface area contributed by atoms with Crippen molar-refractivity contribution in [1.82, 2.24) is 0 Å². The molecule has 0 aromatic rings. The van der Waals surface area contributed by atoms with E-state index in [1.807, 2.05) is 21.1 Å². The highest BCUT2D eigenvalue weighted by atomic mass is 16.7. The molecule has 63 heavy (non-hydrogen) atoms. The molecule has 0 heterocycles. The molecule has 0 saturated carbocycles. The van der Waals surface area contributed by atoms with E-state index in [1.54, 1.807) is 0 Å². The number of hydrogen-bond donors (Lipinski definition) is 1. The van der Waals surface area contributed by atoms with E-state index in [9.17, 15) is 19.5 Å². The highest BCUT2D eigenvalue weighted by Crippen LogP contribution is 2.13. The fourth-order valence-electron chi connectivity index (χ4n) is 6.11. The molecular formula is C54H90NO8+. The molecule has 0 bridgehead atoms. The van der Waals surface area contributed by atoms with Gasteiger partial charge in [-0.1, -0.05) is 162 Å². The zero-order valence-electron chi connectivity index (χ0n) is 40.4. The van der Waals surface area contributed by atoms with Crippen LogP contribution in [0, 0.1) is 0 Å². The van der Waals surface area contributed by atoms with Gasteiger partial charge in [-0.15, -0.1) is 0 Å². The number of allylic oxidation sites excluding steroid dienone is 16. The van der Waals surface area contributed by atoms with Crippen LogP contribution in [0.15, 0.2) is 97.2 Å². The van der Waals surface area contributed by atoms with E-state index in [-0.39, 0.29) is 38.6 Å². The third kappa shape index (κ3) is 46.0. The highest BCUT2D eigenvalue weighted by molar-refractivity contribution is 5.71. The van der Waals surface area contributed by atoms with Gasteiger partial charge in [0.25, 0.3) is 6.29 Å². The van der Waals surface area contributed by atoms with Crippen LogP contribution in [0.25, 0.3) is 0 Å². The van der Waals surface area contributed by atoms with Gasteiger partial charge in [0, 0.05) is 12.8 Å². The molecule has 9 nitrogen and oxygen atoms in total. The highest BCUT2D eigenvalue weighted by Gasteiger charge is 2.25. The molecule has 0 spiro atoms. The number of hydrogen-bond acceptors (Lipinski definition) is 7. The predicted molar refractivity (Wildman–Crippen MR) is 262 cm³/mol. The number of quaternary nitrogens is 1. The normalized spacial score (nSPS) is 13.7. The molecular weight excluding hydrogens is 791 g/mol. The molecule has 2 unspecified atom stereocenters. The molecule has 0 amide bonds. The number of likely N-dealkylation sites (N-methyl/N-ethyl adjacent to an activating group) is 1. The quantitative estimate of drug-likeness (QED) is 0.0212. The summed E-state index contributed by atoms with van der Waals surface area (Å²) >= 11 is 0. The van der Waals surface area contributed by atoms with Crippen LogP contribution in [0.4, 0.5) is 0 Å². The summed E-state index contributed by atoms with van der Waals surface area (Å²) in [4.78, 5) is 37.2. The van der Waals surface area contributed by atoms with Gasteiger partial charge < -0.3 is 28.5 Å². The van der Waals surface area contributed by atoms with Crippen LogP contribution in [0.2, 0.25) is 0 Å². The maximum absolute atomic E-state index is 12.8. The molecule has 0 rings (SSSR count). The van der Waals surface area contributed by atoms with Gasteiger partial charge in [0.2, 0.25) is 0 Å². The number of carbonyl (C=O) groups excluding carboxylic acids is 2. The Bertz CT molecular complexity index is 1350. The summed E-state index contributed by atoms with van der Waals surface area (Å²) in [6, 6.07) is 0. The van der Waals surface area contributed by atoms with E-state index >= 15 is 0 Å². The lowest BCUT2D eigenvalue weighted by Gasteiger charge is -2.25. The van der Waals surface area contributed by atoms with Crippen LogP contribution in [-0.4, -0.2) is 87.4 Å². The molecule has 0 aliphatic heterocycles. The zero-order valence-corrected chi connectivity index (χ0v) is 40.4. The lowest BCUT2D eigenvalue weighted by molar-refractivity contribution is -0.870. The third-order valence-electron chi connectivity index (χ3n) is 9.84. The molecule has 1 N–H and O–H groups in total. The number of aliphatic carboxylic acids is 1. The summed E-state index contributed by atoms with van der Waals surface area (Å²) in [5.41, 5.74) is 0. The van der Waals surface area contributed by atoms with Crippen molar-refractivity contribution >= 4 is 17.9 Å². The number of rotatable bonds is 43. The minimum Gasteiger partial charge on any atom is -0.477 e. The molecule has 0 aliphatic rings. The minimum atomic E-state index is -1.52. The minimum absolute atomic E-state index is 0.176. The summed E-state index contributed by atoms with van der Waals surface area (Å²) in [6.45, 7) is 4.58. The SMILES string of the molecule is CC/C=C\C/C=C\C/C=C\C/C=C\C/C=C\CCCCCCCCCCCC(=O)OC(COC(=O)CCCCC/C=C\C/C=C\C/C=C\CC)COC(OCC[N+](C)(C)C)C(=O)O. The van der Waals surface area contributed by atoms with Crippen molar-refractivity contribution in [2.75, 3.05) is 47.5 Å². The smallest absolute Gasteiger partial charge is 0.361 e. The molecule has 0 fully saturated rings. The first-order chi connectivity index (χ1) is 30.6. The number of ether oxygens (including phenoxy) is 4. The second-order valence-corrected chi connectivity index (χ2v) is 17.0. The van der Waals surface area contributed by atoms with Gasteiger partial charge in [-0.25, -0.2) is 4.79 Å². The van der Waals surface area contributed by atoms with Crippen molar-refractivity contribution in [2.45, 2.75) is 180 Å². The molecule has 0 aliphatic carbocycles. The fraction of sp³-hybridized carbons (Fsp3) is 0.648. The van der Waals surface area contributed by atoms with Crippen LogP contribution in [0.5, 0.6) is 0 Å². The summed E-state index contributed by atoms with van der Waals surface area (Å²) in [6.07, 6.45) is 56.2. The van der Waals surface area contributed by atoms with Crippen LogP contribution in [0.1, 0.15) is 168 Å². The number of carboxylic acids is 1. The number of carboxylic acid groups (broad SMARTS) is 1. The zero-order chi connectivity index (χ0) is 46.3. The number of carbonyl (C=O) groups is 3. The maximum Gasteiger partial charge on any atom is 0.361 e. The van der Waals surface area contributed by atoms with E-state index in [0.717, 1.165) is 96.3 Å². The molecule has 0 radical (unpaired) electrons. The molecule has 0 saturated heterocycles. The van der Waals surface area contributed by atoms with E-state index in [1.165, 1.54) is 32.1 Å². The number of esters is 2. The van der Waals surface area contributed by atoms with Gasteiger partial charge in [0.05, 0.1) is 34.4 Å². The van der Waals surface area contributed by atoms with Gasteiger partial charge >= 0.3 is 17.9 Å². The van der Waals surface area contributed by atoms with Crippen molar-refractivity contribution in [2.24, 2.45) is 0 Å². The first-order valence-electron chi connectivity index (χ1n) is 24.4. The molecule has 2 atom stereocenters. The lowest BCUT2D eigenvalue weighted by Crippen LogP contribution is -2.40. The largest absolute Gasteiger partial charge is 0.477 e. The average molecular weight is 881 g/mol. The topological polar surface area (TPSA) is 108 Å². The average Bonchev–Trinajstić information content (AvgIpc) is 3.24. The number of unbranched alkanes of at least 4 members (excludes halogenated alkanes) is 12. The number of nitrogens with zero attached hydrogens (tertiary/aromatic N) is 1. The Morgan fingerprint density at radius 3 is 1.29 bits per heavy atom. The van der Waals surface area contributed by atoms with E-state index in [0.29, 0.717) is 23.9 Å². The van der Waals surface area contributed by atoms with Crippen molar-refractivity contribution in [3.63, 3.8) is 0 Å². The summed E-state index contributed by atoms with van der Waals surface area (Å²) in [5.74, 6) is -2.07. The Balaban J connectivity index is 4.37. The third-order valence-corrected chi connectivity index (χ3v) is 9.84. The van der Waals surface area contributed by atoms with Gasteiger partial charge in [-0.05, 0) is 89.9 Å². The van der Waals surface area contributed by atoms with E-state index in [4.69, 9.17) is 18.9 Å². The first kappa shape index (κ1) is 59.2. The molecule has 358 valence electrons. The van der Waals surface area contributed by atoms with Gasteiger partial charge in [-0.3, -0.25) is 9.59 Å². The Labute approximate surface area is 384 Å². The predicted octanol–water partition coefficient (Wildman–Crippen LogP) is 13.4. The maximum atomic E-state index is 12.8. The Hall–Kier alpha value is -3.79. The van der Waals surface area contributed by atoms with Crippen molar-refractivity contribution in [3.8, 4) is 0 Å². The Morgan fingerprint density at radius 2 is 0.857 bits per heavy atom. The van der Waals surface area contributed by atoms with Crippen molar-refractivity contribution in [1.29, 1.82) is 0 Å². The second-order valence-electron chi connectivity index (χ2n) is 17.0. The fourth-order valence-corrected chi connectivity index (χ4v) is 6.11. The van der Waals surface area contributed by atoms with Gasteiger partial charge in [0.15, 0.2) is 6.10 Å². The van der Waals surface area contributed by atoms with Crippen LogP contribution >= 0.6 is 0 Å². The molecule has 0 aromatic heterocycles. The van der Waals surface area contributed by atoms with Crippen molar-refractivity contribution < 1.29 is 42.9 Å². The van der Waals surface area contributed by atoms with Gasteiger partial charge in [0.1, 0.15) is 13.2 Å². The lowest BCUT2D eigenvalue weighted by atomic mass is 10.1. The summed E-state index contributed by atoms with van der Waals surface area (Å²) < 4.78 is 22.7. The van der Waals surface area contributed by atoms with Crippen molar-refractivity contribution in [3.05, 3.63) is 97.2 Å². The Kier molecular flexibility index (Phi) is 42.1. The summed E-state index contributed by atoms with van der Waals surface area (Å²) in [7, 11) is 5.94. The monoisotopic (exact) mass is 881 g/mol. The van der Waals surface area contributed by atoms with Gasteiger partial charge in [-0.2, -0.15) is 0 Å². The van der Waals surface area contributed by atoms with Crippen LogP contribution in [0.3, 0.4) is 0 Å².